The summed E-state index contributed by atoms with van der Waals surface area (Å²) in [5.74, 6) is 0.683. The molecule has 0 aliphatic carbocycles. The number of hydrogen-bond donors (Lipinski definition) is 2. The second-order valence-corrected chi connectivity index (χ2v) is 13.1. The number of benzene rings is 2. The van der Waals surface area contributed by atoms with Crippen molar-refractivity contribution in [2.24, 2.45) is 4.99 Å². The number of carbonyl (C=O) groups excluding carboxylic acids is 2. The first kappa shape index (κ1) is 29.8. The topological polar surface area (TPSA) is 142 Å². The Kier molecular flexibility index (Phi) is 11.8. The highest BCUT2D eigenvalue weighted by molar-refractivity contribution is 7.91. The van der Waals surface area contributed by atoms with Crippen LogP contribution in [0, 0.1) is 0 Å². The van der Waals surface area contributed by atoms with E-state index in [0.29, 0.717) is 46.0 Å². The van der Waals surface area contributed by atoms with Crippen LogP contribution in [-0.2, 0) is 24.5 Å². The smallest absolute Gasteiger partial charge is 0.321 e. The molecule has 0 aromatic heterocycles. The zero-order valence-corrected chi connectivity index (χ0v) is 22.3. The van der Waals surface area contributed by atoms with Crippen LogP contribution in [0.2, 0.25) is 10.0 Å². The molecule has 2 N–H and O–H groups in total. The molecule has 0 spiro atoms. The molecule has 2 saturated heterocycles. The van der Waals surface area contributed by atoms with Gasteiger partial charge in [-0.05, 0) is 48.5 Å². The van der Waals surface area contributed by atoms with E-state index in [1.807, 2.05) is 0 Å². The fraction of sp³-hybridized carbons (Fsp3) is 0.364. The number of sulfone groups is 2. The molecule has 14 heteroatoms. The molecule has 2 heterocycles. The molecule has 2 fully saturated rings. The highest BCUT2D eigenvalue weighted by Gasteiger charge is 2.24. The van der Waals surface area contributed by atoms with Gasteiger partial charge in [-0.15, -0.1) is 0 Å². The standard InChI is InChI=1S/C11H13ClN2O3S.C7H4ClNO.C4H9NO2S/c12-9-1-3-10(4-2-9)13-11(15)14-5-7-18(16,17)8-6-14;8-6-1-3-7(4-2-6)9-5-10;6-8(7)3-1-5-2-4-8/h1-4H,5-8H2,(H,13,15);1-4H;5H,1-4H2. The van der Waals surface area contributed by atoms with Crippen LogP contribution in [0.25, 0.3) is 0 Å². The normalized spacial score (nSPS) is 17.7. The third-order valence-electron chi connectivity index (χ3n) is 4.91. The van der Waals surface area contributed by atoms with Gasteiger partial charge in [0.05, 0.1) is 28.7 Å². The van der Waals surface area contributed by atoms with Gasteiger partial charge in [0.25, 0.3) is 0 Å². The summed E-state index contributed by atoms with van der Waals surface area (Å²) >= 11 is 11.3. The molecule has 0 radical (unpaired) electrons. The first-order valence-corrected chi connectivity index (χ1v) is 15.2. The molecular formula is C22H26Cl2N4O6S2. The summed E-state index contributed by atoms with van der Waals surface area (Å²) in [5, 5.41) is 6.88. The molecule has 2 aromatic rings. The highest BCUT2D eigenvalue weighted by atomic mass is 35.5. The number of halogens is 2. The van der Waals surface area contributed by atoms with E-state index in [-0.39, 0.29) is 30.6 Å². The SMILES string of the molecule is O=C(Nc1ccc(Cl)cc1)N1CCS(=O)(=O)CC1.O=C=Nc1ccc(Cl)cc1.O=S1(=O)CCNCC1. The minimum Gasteiger partial charge on any atom is -0.322 e. The van der Waals surface area contributed by atoms with Gasteiger partial charge in [0, 0.05) is 41.9 Å². The Hall–Kier alpha value is -2.47. The predicted octanol–water partition coefficient (Wildman–Crippen LogP) is 2.91. The van der Waals surface area contributed by atoms with Gasteiger partial charge in [-0.2, -0.15) is 4.99 Å². The average Bonchev–Trinajstić information content (AvgIpc) is 2.83. The minimum absolute atomic E-state index is 0.0288. The third kappa shape index (κ3) is 11.5. The number of nitrogens with one attached hydrogen (secondary N) is 2. The summed E-state index contributed by atoms with van der Waals surface area (Å²) in [6.07, 6.45) is 1.44. The van der Waals surface area contributed by atoms with Crippen LogP contribution in [0.15, 0.2) is 53.5 Å². The van der Waals surface area contributed by atoms with E-state index < -0.39 is 19.7 Å². The third-order valence-corrected chi connectivity index (χ3v) is 8.67. The van der Waals surface area contributed by atoms with E-state index >= 15 is 0 Å². The van der Waals surface area contributed by atoms with Crippen molar-refractivity contribution in [1.29, 1.82) is 0 Å². The molecule has 36 heavy (non-hydrogen) atoms. The Morgan fingerprint density at radius 1 is 0.833 bits per heavy atom. The lowest BCUT2D eigenvalue weighted by Crippen LogP contribution is -2.45. The van der Waals surface area contributed by atoms with Crippen LogP contribution in [0.4, 0.5) is 16.2 Å². The number of amides is 2. The Balaban J connectivity index is 0.000000213. The Morgan fingerprint density at radius 2 is 1.31 bits per heavy atom. The fourth-order valence-electron chi connectivity index (χ4n) is 2.90. The van der Waals surface area contributed by atoms with Gasteiger partial charge in [0.1, 0.15) is 0 Å². The quantitative estimate of drug-likeness (QED) is 0.413. The van der Waals surface area contributed by atoms with Gasteiger partial charge in [-0.25, -0.2) is 26.4 Å². The van der Waals surface area contributed by atoms with Crippen molar-refractivity contribution < 1.29 is 26.4 Å². The molecule has 0 unspecified atom stereocenters. The van der Waals surface area contributed by atoms with E-state index in [2.05, 4.69) is 15.6 Å². The summed E-state index contributed by atoms with van der Waals surface area (Å²) in [6.45, 7) is 1.73. The summed E-state index contributed by atoms with van der Waals surface area (Å²) in [7, 11) is -5.61. The molecular weight excluding hydrogens is 551 g/mol. The van der Waals surface area contributed by atoms with Crippen molar-refractivity contribution in [3.63, 3.8) is 0 Å². The van der Waals surface area contributed by atoms with Crippen LogP contribution in [0.5, 0.6) is 0 Å². The number of nitrogens with zero attached hydrogens (tertiary/aromatic N) is 2. The Labute approximate surface area is 220 Å². The van der Waals surface area contributed by atoms with Crippen LogP contribution in [0.3, 0.4) is 0 Å². The monoisotopic (exact) mass is 576 g/mol. The summed E-state index contributed by atoms with van der Waals surface area (Å²) < 4.78 is 43.7. The first-order chi connectivity index (χ1) is 17.0. The number of carbonyl (C=O) groups is 1. The van der Waals surface area contributed by atoms with Crippen molar-refractivity contribution >= 4 is 66.4 Å². The Bertz CT molecular complexity index is 1240. The number of rotatable bonds is 2. The molecule has 10 nitrogen and oxygen atoms in total. The molecule has 2 amide bonds. The van der Waals surface area contributed by atoms with Crippen LogP contribution in [0.1, 0.15) is 0 Å². The van der Waals surface area contributed by atoms with Crippen LogP contribution < -0.4 is 10.6 Å². The summed E-state index contributed by atoms with van der Waals surface area (Å²) in [6, 6.07) is 13.1. The predicted molar refractivity (Wildman–Crippen MR) is 141 cm³/mol. The molecule has 2 aromatic carbocycles. The number of urea groups is 1. The van der Waals surface area contributed by atoms with Crippen molar-refractivity contribution in [3.05, 3.63) is 58.6 Å². The second kappa shape index (κ2) is 14.3. The molecule has 0 atom stereocenters. The van der Waals surface area contributed by atoms with Gasteiger partial charge in [0.15, 0.2) is 19.7 Å². The Morgan fingerprint density at radius 3 is 1.75 bits per heavy atom. The lowest BCUT2D eigenvalue weighted by atomic mass is 10.3. The van der Waals surface area contributed by atoms with Gasteiger partial charge >= 0.3 is 6.03 Å². The number of anilines is 1. The van der Waals surface area contributed by atoms with Crippen molar-refractivity contribution in [2.45, 2.75) is 0 Å². The van der Waals surface area contributed by atoms with Crippen LogP contribution >= 0.6 is 23.2 Å². The molecule has 2 aliphatic rings. The summed E-state index contributed by atoms with van der Waals surface area (Å²) in [4.78, 5) is 26.5. The molecule has 0 bridgehead atoms. The fourth-order valence-corrected chi connectivity index (χ4v) is 5.47. The number of hydrogen-bond acceptors (Lipinski definition) is 8. The zero-order valence-electron chi connectivity index (χ0n) is 19.2. The summed E-state index contributed by atoms with van der Waals surface area (Å²) in [5.41, 5.74) is 1.21. The molecule has 196 valence electrons. The minimum atomic E-state index is -2.97. The molecule has 4 rings (SSSR count). The lowest BCUT2D eigenvalue weighted by molar-refractivity contribution is 0.216. The van der Waals surface area contributed by atoms with Gasteiger partial charge in [-0.1, -0.05) is 23.2 Å². The maximum absolute atomic E-state index is 11.9. The van der Waals surface area contributed by atoms with E-state index in [1.165, 1.54) is 11.0 Å². The van der Waals surface area contributed by atoms with Crippen LogP contribution in [-0.4, -0.2) is 83.0 Å². The van der Waals surface area contributed by atoms with E-state index in [0.717, 1.165) is 0 Å². The van der Waals surface area contributed by atoms with Crippen molar-refractivity contribution in [3.8, 4) is 0 Å². The first-order valence-electron chi connectivity index (χ1n) is 10.8. The van der Waals surface area contributed by atoms with Gasteiger partial charge in [0.2, 0.25) is 6.08 Å². The number of aliphatic imine (C=N–C) groups is 1. The second-order valence-electron chi connectivity index (χ2n) is 7.66. The van der Waals surface area contributed by atoms with Gasteiger partial charge < -0.3 is 15.5 Å². The highest BCUT2D eigenvalue weighted by Crippen LogP contribution is 2.15. The van der Waals surface area contributed by atoms with Crippen molar-refractivity contribution in [1.82, 2.24) is 10.2 Å². The maximum Gasteiger partial charge on any atom is 0.321 e. The average molecular weight is 578 g/mol. The molecule has 0 saturated carbocycles. The van der Waals surface area contributed by atoms with Crippen molar-refractivity contribution in [2.75, 3.05) is 54.5 Å². The maximum atomic E-state index is 11.9. The zero-order chi connectivity index (χ0) is 26.6. The number of isocyanates is 1. The molecule has 2 aliphatic heterocycles. The van der Waals surface area contributed by atoms with E-state index in [4.69, 9.17) is 23.2 Å². The van der Waals surface area contributed by atoms with E-state index in [9.17, 15) is 26.4 Å². The van der Waals surface area contributed by atoms with Gasteiger partial charge in [-0.3, -0.25) is 0 Å². The largest absolute Gasteiger partial charge is 0.322 e. The van der Waals surface area contributed by atoms with E-state index in [1.54, 1.807) is 48.5 Å². The lowest BCUT2D eigenvalue weighted by Gasteiger charge is -2.26.